The van der Waals surface area contributed by atoms with Gasteiger partial charge in [0.15, 0.2) is 0 Å². The Morgan fingerprint density at radius 2 is 1.88 bits per heavy atom. The van der Waals surface area contributed by atoms with Gasteiger partial charge < -0.3 is 9.84 Å². The Kier molecular flexibility index (Phi) is 7.22. The molecule has 1 aromatic carbocycles. The second kappa shape index (κ2) is 8.70. The van der Waals surface area contributed by atoms with E-state index in [0.29, 0.717) is 5.75 Å². The van der Waals surface area contributed by atoms with Crippen molar-refractivity contribution in [2.75, 3.05) is 7.11 Å². The standard InChI is InChI=1S/C22H30O3/c1-15(9-8-10-16(2)12-20(23)25-7)11-18-13-17(3)21(24)19(14-18)22(4,5)6/h8-10,12-14,24H,11H2,1-7H3/b10-8+,15-9+,16-12+. The molecule has 0 bridgehead atoms. The topological polar surface area (TPSA) is 46.5 Å². The Hall–Kier alpha value is -2.29. The highest BCUT2D eigenvalue weighted by Crippen LogP contribution is 2.34. The van der Waals surface area contributed by atoms with Crippen molar-refractivity contribution in [3.63, 3.8) is 0 Å². The van der Waals surface area contributed by atoms with E-state index in [4.69, 9.17) is 0 Å². The smallest absolute Gasteiger partial charge is 0.330 e. The SMILES string of the molecule is COC(=O)/C=C(C)/C=C/C=C(\C)Cc1cc(C)c(O)c(C(C)(C)C)c1. The third-order valence-corrected chi connectivity index (χ3v) is 3.94. The summed E-state index contributed by atoms with van der Waals surface area (Å²) in [4.78, 5) is 11.2. The molecule has 0 aliphatic carbocycles. The number of carbonyl (C=O) groups is 1. The molecule has 0 amide bonds. The van der Waals surface area contributed by atoms with Crippen LogP contribution < -0.4 is 0 Å². The van der Waals surface area contributed by atoms with Gasteiger partial charge in [-0.1, -0.05) is 56.7 Å². The molecule has 0 saturated carbocycles. The van der Waals surface area contributed by atoms with Crippen LogP contribution in [0.25, 0.3) is 0 Å². The van der Waals surface area contributed by atoms with E-state index in [1.54, 1.807) is 0 Å². The monoisotopic (exact) mass is 342 g/mol. The van der Waals surface area contributed by atoms with Crippen LogP contribution in [0.3, 0.4) is 0 Å². The summed E-state index contributed by atoms with van der Waals surface area (Å²) in [6, 6.07) is 4.12. The molecule has 25 heavy (non-hydrogen) atoms. The lowest BCUT2D eigenvalue weighted by Crippen LogP contribution is -2.12. The molecule has 3 heteroatoms. The van der Waals surface area contributed by atoms with Gasteiger partial charge in [0.25, 0.3) is 0 Å². The molecule has 0 fully saturated rings. The van der Waals surface area contributed by atoms with Gasteiger partial charge in [-0.3, -0.25) is 0 Å². The highest BCUT2D eigenvalue weighted by atomic mass is 16.5. The number of ether oxygens (including phenoxy) is 1. The second-order valence-corrected chi connectivity index (χ2v) is 7.52. The molecule has 0 radical (unpaired) electrons. The minimum absolute atomic E-state index is 0.0990. The minimum atomic E-state index is -0.350. The van der Waals surface area contributed by atoms with Crippen LogP contribution in [0, 0.1) is 6.92 Å². The quantitative estimate of drug-likeness (QED) is 0.456. The van der Waals surface area contributed by atoms with E-state index in [-0.39, 0.29) is 11.4 Å². The lowest BCUT2D eigenvalue weighted by Gasteiger charge is -2.22. The number of phenols is 1. The van der Waals surface area contributed by atoms with Crippen LogP contribution in [0.4, 0.5) is 0 Å². The highest BCUT2D eigenvalue weighted by molar-refractivity contribution is 5.83. The molecule has 0 unspecified atom stereocenters. The van der Waals surface area contributed by atoms with Crippen LogP contribution in [-0.2, 0) is 21.4 Å². The van der Waals surface area contributed by atoms with Gasteiger partial charge in [0.2, 0.25) is 0 Å². The van der Waals surface area contributed by atoms with Crippen LogP contribution in [0.15, 0.2) is 47.6 Å². The molecular formula is C22H30O3. The molecule has 0 spiro atoms. The van der Waals surface area contributed by atoms with Gasteiger partial charge in [0.05, 0.1) is 7.11 Å². The van der Waals surface area contributed by atoms with Crippen LogP contribution in [0.2, 0.25) is 0 Å². The molecule has 0 aliphatic heterocycles. The minimum Gasteiger partial charge on any atom is -0.507 e. The zero-order chi connectivity index (χ0) is 19.2. The molecule has 0 aliphatic rings. The third kappa shape index (κ3) is 6.61. The van der Waals surface area contributed by atoms with Gasteiger partial charge in [-0.05, 0) is 54.9 Å². The Morgan fingerprint density at radius 1 is 1.24 bits per heavy atom. The molecule has 1 N–H and O–H groups in total. The van der Waals surface area contributed by atoms with Crippen molar-refractivity contribution in [3.05, 3.63) is 64.3 Å². The van der Waals surface area contributed by atoms with Gasteiger partial charge in [0.1, 0.15) is 5.75 Å². The molecular weight excluding hydrogens is 312 g/mol. The first kappa shape index (κ1) is 20.8. The first-order chi connectivity index (χ1) is 11.5. The number of aromatic hydroxyl groups is 1. The maximum absolute atomic E-state index is 11.2. The molecule has 3 nitrogen and oxygen atoms in total. The van der Waals surface area contributed by atoms with Crippen molar-refractivity contribution in [2.45, 2.75) is 53.4 Å². The first-order valence-corrected chi connectivity index (χ1v) is 8.47. The molecule has 1 aromatic rings. The molecule has 136 valence electrons. The van der Waals surface area contributed by atoms with Gasteiger partial charge >= 0.3 is 5.97 Å². The van der Waals surface area contributed by atoms with E-state index < -0.39 is 0 Å². The van der Waals surface area contributed by atoms with E-state index in [0.717, 1.165) is 23.1 Å². The zero-order valence-corrected chi connectivity index (χ0v) is 16.4. The zero-order valence-electron chi connectivity index (χ0n) is 16.4. The number of benzene rings is 1. The fraction of sp³-hybridized carbons (Fsp3) is 0.409. The molecule has 0 saturated heterocycles. The predicted molar refractivity (Wildman–Crippen MR) is 104 cm³/mol. The fourth-order valence-corrected chi connectivity index (χ4v) is 2.57. The first-order valence-electron chi connectivity index (χ1n) is 8.47. The number of aryl methyl sites for hydroxylation is 1. The fourth-order valence-electron chi connectivity index (χ4n) is 2.57. The molecule has 0 heterocycles. The molecule has 0 aromatic heterocycles. The van der Waals surface area contributed by atoms with Gasteiger partial charge in [-0.2, -0.15) is 0 Å². The van der Waals surface area contributed by atoms with Gasteiger partial charge in [-0.25, -0.2) is 4.79 Å². The summed E-state index contributed by atoms with van der Waals surface area (Å²) >= 11 is 0. The Labute approximate surface area is 151 Å². The van der Waals surface area contributed by atoms with E-state index >= 15 is 0 Å². The van der Waals surface area contributed by atoms with Crippen LogP contribution in [0.1, 0.15) is 51.3 Å². The number of phenolic OH excluding ortho intramolecular Hbond substituents is 1. The lowest BCUT2D eigenvalue weighted by molar-refractivity contribution is -0.134. The van der Waals surface area contributed by atoms with Gasteiger partial charge in [-0.15, -0.1) is 0 Å². The number of hydrogen-bond acceptors (Lipinski definition) is 3. The van der Waals surface area contributed by atoms with E-state index in [2.05, 4.69) is 38.5 Å². The third-order valence-electron chi connectivity index (χ3n) is 3.94. The second-order valence-electron chi connectivity index (χ2n) is 7.52. The Balaban J connectivity index is 2.94. The summed E-state index contributed by atoms with van der Waals surface area (Å²) in [5.74, 6) is 0.0403. The van der Waals surface area contributed by atoms with Crippen molar-refractivity contribution in [1.82, 2.24) is 0 Å². The Morgan fingerprint density at radius 3 is 2.44 bits per heavy atom. The lowest BCUT2D eigenvalue weighted by atomic mass is 9.83. The van der Waals surface area contributed by atoms with Crippen LogP contribution >= 0.6 is 0 Å². The number of rotatable bonds is 5. The van der Waals surface area contributed by atoms with E-state index in [1.807, 2.05) is 38.1 Å². The average Bonchev–Trinajstić information content (AvgIpc) is 2.49. The maximum atomic E-state index is 11.2. The summed E-state index contributed by atoms with van der Waals surface area (Å²) in [5.41, 5.74) is 5.01. The summed E-state index contributed by atoms with van der Waals surface area (Å²) in [6.07, 6.45) is 8.12. The molecule has 1 rings (SSSR count). The maximum Gasteiger partial charge on any atom is 0.330 e. The van der Waals surface area contributed by atoms with E-state index in [9.17, 15) is 9.90 Å². The van der Waals surface area contributed by atoms with Crippen molar-refractivity contribution in [3.8, 4) is 5.75 Å². The number of allylic oxidation sites excluding steroid dienone is 5. The summed E-state index contributed by atoms with van der Waals surface area (Å²) in [5, 5.41) is 10.3. The van der Waals surface area contributed by atoms with E-state index in [1.165, 1.54) is 24.3 Å². The van der Waals surface area contributed by atoms with Crippen molar-refractivity contribution >= 4 is 5.97 Å². The number of hydrogen-bond donors (Lipinski definition) is 1. The Bertz CT molecular complexity index is 714. The number of esters is 1. The van der Waals surface area contributed by atoms with Crippen molar-refractivity contribution in [2.24, 2.45) is 0 Å². The van der Waals surface area contributed by atoms with Crippen molar-refractivity contribution in [1.29, 1.82) is 0 Å². The summed E-state index contributed by atoms with van der Waals surface area (Å²) in [7, 11) is 1.37. The number of carbonyl (C=O) groups excluding carboxylic acids is 1. The highest BCUT2D eigenvalue weighted by Gasteiger charge is 2.20. The normalized spacial score (nSPS) is 13.4. The average molecular weight is 342 g/mol. The largest absolute Gasteiger partial charge is 0.507 e. The van der Waals surface area contributed by atoms with Crippen LogP contribution in [-0.4, -0.2) is 18.2 Å². The number of methoxy groups -OCH3 is 1. The predicted octanol–water partition coefficient (Wildman–Crippen LogP) is 5.16. The molecule has 0 atom stereocenters. The van der Waals surface area contributed by atoms with Crippen LogP contribution in [0.5, 0.6) is 5.75 Å². The van der Waals surface area contributed by atoms with Crippen molar-refractivity contribution < 1.29 is 14.6 Å². The summed E-state index contributed by atoms with van der Waals surface area (Å²) in [6.45, 7) is 12.2. The summed E-state index contributed by atoms with van der Waals surface area (Å²) < 4.78 is 4.60. The van der Waals surface area contributed by atoms with Gasteiger partial charge in [0, 0.05) is 6.08 Å².